The quantitative estimate of drug-likeness (QED) is 0.655. The monoisotopic (exact) mass is 246 g/mol. The van der Waals surface area contributed by atoms with Crippen LogP contribution in [0.25, 0.3) is 0 Å². The minimum Gasteiger partial charge on any atom is -0.368 e. The van der Waals surface area contributed by atoms with Crippen LogP contribution in [0.15, 0.2) is 29.4 Å². The normalized spacial score (nSPS) is 19.9. The molecule has 1 N–H and O–H groups in total. The predicted molar refractivity (Wildman–Crippen MR) is 70.5 cm³/mol. The van der Waals surface area contributed by atoms with Gasteiger partial charge in [0.05, 0.1) is 5.71 Å². The fourth-order valence-electron chi connectivity index (χ4n) is 1.85. The van der Waals surface area contributed by atoms with Crippen LogP contribution in [0, 0.1) is 6.92 Å². The smallest absolute Gasteiger partial charge is 0.269 e. The molecular weight excluding hydrogens is 228 g/mol. The van der Waals surface area contributed by atoms with Crippen molar-refractivity contribution < 1.29 is 9.53 Å². The molecule has 1 amide bonds. The molecule has 96 valence electrons. The number of ether oxygens (including phenoxy) is 1. The molecule has 1 aromatic rings. The Balaban J connectivity index is 1.95. The summed E-state index contributed by atoms with van der Waals surface area (Å²) in [6.07, 6.45) is 1.39. The van der Waals surface area contributed by atoms with E-state index in [2.05, 4.69) is 10.5 Å². The van der Waals surface area contributed by atoms with E-state index in [1.54, 1.807) is 0 Å². The molecule has 1 aliphatic heterocycles. The topological polar surface area (TPSA) is 50.7 Å². The first kappa shape index (κ1) is 12.8. The standard InChI is InChI=1S/C14H18N2O2/c1-10-5-7-12(8-6-10)11(2)15-16-14(17)13-4-3-9-18-13/h5-8,13H,3-4,9H2,1-2H3,(H,16,17)/b15-11-/t13-/m1/s1. The molecule has 0 aromatic heterocycles. The third kappa shape index (κ3) is 3.17. The van der Waals surface area contributed by atoms with Crippen molar-refractivity contribution in [2.75, 3.05) is 6.61 Å². The molecule has 1 fully saturated rings. The summed E-state index contributed by atoms with van der Waals surface area (Å²) >= 11 is 0. The minimum absolute atomic E-state index is 0.154. The molecule has 0 aliphatic carbocycles. The number of nitrogens with zero attached hydrogens (tertiary/aromatic N) is 1. The largest absolute Gasteiger partial charge is 0.368 e. The number of hydrogen-bond donors (Lipinski definition) is 1. The molecule has 0 spiro atoms. The van der Waals surface area contributed by atoms with Crippen LogP contribution < -0.4 is 5.43 Å². The zero-order valence-corrected chi connectivity index (χ0v) is 10.8. The Morgan fingerprint density at radius 2 is 2.11 bits per heavy atom. The molecule has 1 aliphatic rings. The molecule has 18 heavy (non-hydrogen) atoms. The first-order valence-electron chi connectivity index (χ1n) is 6.19. The molecule has 0 bridgehead atoms. The summed E-state index contributed by atoms with van der Waals surface area (Å²) in [5.74, 6) is -0.154. The number of benzene rings is 1. The van der Waals surface area contributed by atoms with Crippen molar-refractivity contribution in [2.24, 2.45) is 5.10 Å². The minimum atomic E-state index is -0.334. The summed E-state index contributed by atoms with van der Waals surface area (Å²) < 4.78 is 5.29. The third-order valence-electron chi connectivity index (χ3n) is 3.03. The van der Waals surface area contributed by atoms with E-state index in [-0.39, 0.29) is 12.0 Å². The van der Waals surface area contributed by atoms with Gasteiger partial charge in [-0.05, 0) is 32.3 Å². The van der Waals surface area contributed by atoms with Crippen LogP contribution >= 0.6 is 0 Å². The number of amides is 1. The maximum absolute atomic E-state index is 11.7. The van der Waals surface area contributed by atoms with Crippen molar-refractivity contribution in [1.82, 2.24) is 5.43 Å². The SMILES string of the molecule is C/C(=N/NC(=O)[C@H]1CCCO1)c1ccc(C)cc1. The van der Waals surface area contributed by atoms with Crippen LogP contribution in [0.3, 0.4) is 0 Å². The van der Waals surface area contributed by atoms with Gasteiger partial charge in [-0.25, -0.2) is 5.43 Å². The number of carbonyl (C=O) groups is 1. The van der Waals surface area contributed by atoms with E-state index in [0.29, 0.717) is 6.61 Å². The highest BCUT2D eigenvalue weighted by atomic mass is 16.5. The molecule has 0 saturated carbocycles. The Morgan fingerprint density at radius 1 is 1.39 bits per heavy atom. The van der Waals surface area contributed by atoms with Gasteiger partial charge < -0.3 is 4.74 Å². The molecular formula is C14H18N2O2. The van der Waals surface area contributed by atoms with E-state index in [9.17, 15) is 4.79 Å². The molecule has 1 aromatic carbocycles. The lowest BCUT2D eigenvalue weighted by Gasteiger charge is -2.07. The average molecular weight is 246 g/mol. The van der Waals surface area contributed by atoms with Crippen LogP contribution in [-0.2, 0) is 9.53 Å². The van der Waals surface area contributed by atoms with Crippen molar-refractivity contribution >= 4 is 11.6 Å². The first-order chi connectivity index (χ1) is 8.66. The lowest BCUT2D eigenvalue weighted by Crippen LogP contribution is -2.31. The van der Waals surface area contributed by atoms with Crippen LogP contribution in [0.2, 0.25) is 0 Å². The van der Waals surface area contributed by atoms with Gasteiger partial charge in [0, 0.05) is 6.61 Å². The van der Waals surface area contributed by atoms with Gasteiger partial charge in [0.2, 0.25) is 0 Å². The predicted octanol–water partition coefficient (Wildman–Crippen LogP) is 2.01. The summed E-state index contributed by atoms with van der Waals surface area (Å²) in [6.45, 7) is 4.58. The summed E-state index contributed by atoms with van der Waals surface area (Å²) in [4.78, 5) is 11.7. The Bertz CT molecular complexity index is 445. The van der Waals surface area contributed by atoms with E-state index in [0.717, 1.165) is 24.1 Å². The Kier molecular flexibility index (Phi) is 4.10. The Labute approximate surface area is 107 Å². The molecule has 1 atom stereocenters. The van der Waals surface area contributed by atoms with E-state index < -0.39 is 0 Å². The van der Waals surface area contributed by atoms with Gasteiger partial charge in [-0.1, -0.05) is 29.8 Å². The molecule has 1 saturated heterocycles. The zero-order chi connectivity index (χ0) is 13.0. The van der Waals surface area contributed by atoms with Crippen LogP contribution in [0.5, 0.6) is 0 Å². The fraction of sp³-hybridized carbons (Fsp3) is 0.429. The summed E-state index contributed by atoms with van der Waals surface area (Å²) in [5, 5.41) is 4.11. The van der Waals surface area contributed by atoms with Crippen molar-refractivity contribution in [2.45, 2.75) is 32.8 Å². The van der Waals surface area contributed by atoms with Gasteiger partial charge in [-0.3, -0.25) is 4.79 Å². The molecule has 4 nitrogen and oxygen atoms in total. The lowest BCUT2D eigenvalue weighted by molar-refractivity contribution is -0.130. The van der Waals surface area contributed by atoms with Crippen LogP contribution in [0.1, 0.15) is 30.9 Å². The zero-order valence-electron chi connectivity index (χ0n) is 10.8. The van der Waals surface area contributed by atoms with E-state index in [4.69, 9.17) is 4.74 Å². The number of carbonyl (C=O) groups excluding carboxylic acids is 1. The van der Waals surface area contributed by atoms with Gasteiger partial charge in [0.25, 0.3) is 5.91 Å². The van der Waals surface area contributed by atoms with Crippen LogP contribution in [-0.4, -0.2) is 24.3 Å². The lowest BCUT2D eigenvalue weighted by atomic mass is 10.1. The van der Waals surface area contributed by atoms with Crippen molar-refractivity contribution in [1.29, 1.82) is 0 Å². The van der Waals surface area contributed by atoms with E-state index >= 15 is 0 Å². The second-order valence-electron chi connectivity index (χ2n) is 4.54. The van der Waals surface area contributed by atoms with Gasteiger partial charge >= 0.3 is 0 Å². The van der Waals surface area contributed by atoms with Gasteiger partial charge in [0.15, 0.2) is 0 Å². The summed E-state index contributed by atoms with van der Waals surface area (Å²) in [5.41, 5.74) is 5.57. The second-order valence-corrected chi connectivity index (χ2v) is 4.54. The highest BCUT2D eigenvalue weighted by Crippen LogP contribution is 2.11. The summed E-state index contributed by atoms with van der Waals surface area (Å²) in [7, 11) is 0. The molecule has 2 rings (SSSR count). The average Bonchev–Trinajstić information content (AvgIpc) is 2.90. The maximum Gasteiger partial charge on any atom is 0.269 e. The highest BCUT2D eigenvalue weighted by molar-refractivity contribution is 5.99. The third-order valence-corrected chi connectivity index (χ3v) is 3.03. The van der Waals surface area contributed by atoms with Crippen LogP contribution in [0.4, 0.5) is 0 Å². The number of aryl methyl sites for hydroxylation is 1. The number of hydrogen-bond acceptors (Lipinski definition) is 3. The van der Waals surface area contributed by atoms with E-state index in [1.807, 2.05) is 38.1 Å². The van der Waals surface area contributed by atoms with Gasteiger partial charge in [-0.15, -0.1) is 0 Å². The number of hydrazone groups is 1. The highest BCUT2D eigenvalue weighted by Gasteiger charge is 2.23. The Morgan fingerprint density at radius 3 is 2.72 bits per heavy atom. The number of rotatable bonds is 3. The molecule has 4 heteroatoms. The first-order valence-corrected chi connectivity index (χ1v) is 6.19. The van der Waals surface area contributed by atoms with Crippen molar-refractivity contribution in [3.05, 3.63) is 35.4 Å². The van der Waals surface area contributed by atoms with Crippen molar-refractivity contribution in [3.8, 4) is 0 Å². The fourth-order valence-corrected chi connectivity index (χ4v) is 1.85. The van der Waals surface area contributed by atoms with Crippen molar-refractivity contribution in [3.63, 3.8) is 0 Å². The van der Waals surface area contributed by atoms with E-state index in [1.165, 1.54) is 5.56 Å². The maximum atomic E-state index is 11.7. The Hall–Kier alpha value is -1.68. The second kappa shape index (κ2) is 5.78. The van der Waals surface area contributed by atoms with Gasteiger partial charge in [0.1, 0.15) is 6.10 Å². The molecule has 1 heterocycles. The number of nitrogens with one attached hydrogen (secondary N) is 1. The molecule has 0 unspecified atom stereocenters. The summed E-state index contributed by atoms with van der Waals surface area (Å²) in [6, 6.07) is 8.03. The van der Waals surface area contributed by atoms with Gasteiger partial charge in [-0.2, -0.15) is 5.10 Å². The molecule has 0 radical (unpaired) electrons.